The molecule has 0 aromatic heterocycles. The quantitative estimate of drug-likeness (QED) is 0.764. The monoisotopic (exact) mass is 281 g/mol. The predicted octanol–water partition coefficient (Wildman–Crippen LogP) is 1.41. The number of carboxylic acid groups (broad SMARTS) is 1. The highest BCUT2D eigenvalue weighted by Gasteiger charge is 2.32. The summed E-state index contributed by atoms with van der Waals surface area (Å²) in [6.07, 6.45) is 7.43. The molecule has 0 spiro atoms. The van der Waals surface area contributed by atoms with E-state index in [9.17, 15) is 13.2 Å². The first-order chi connectivity index (χ1) is 8.93. The molecule has 0 aromatic rings. The van der Waals surface area contributed by atoms with Crippen LogP contribution in [0.3, 0.4) is 0 Å². The highest BCUT2D eigenvalue weighted by Crippen LogP contribution is 2.30. The maximum absolute atomic E-state index is 11.4. The second-order valence-corrected chi connectivity index (χ2v) is 4.72. The summed E-state index contributed by atoms with van der Waals surface area (Å²) in [5, 5.41) is 9.13. The average molecular weight is 281 g/mol. The van der Waals surface area contributed by atoms with Gasteiger partial charge in [-0.2, -0.15) is 0 Å². The maximum atomic E-state index is 11.4. The molecule has 6 heteroatoms. The lowest BCUT2D eigenvalue weighted by Crippen LogP contribution is -2.38. The van der Waals surface area contributed by atoms with Crippen molar-refractivity contribution >= 4 is 16.9 Å². The minimum atomic E-state index is -2.96. The van der Waals surface area contributed by atoms with Crippen molar-refractivity contribution < 1.29 is 18.3 Å². The first-order valence-electron chi connectivity index (χ1n) is 5.48. The molecule has 1 atom stereocenters. The molecular weight excluding hydrogens is 266 g/mol. The fourth-order valence-electron chi connectivity index (χ4n) is 1.85. The molecule has 1 aliphatic heterocycles. The van der Waals surface area contributed by atoms with Crippen molar-refractivity contribution in [2.24, 2.45) is 0 Å². The van der Waals surface area contributed by atoms with Crippen molar-refractivity contribution in [1.82, 2.24) is 4.31 Å². The molecule has 19 heavy (non-hydrogen) atoms. The molecule has 102 valence electrons. The summed E-state index contributed by atoms with van der Waals surface area (Å²) in [4.78, 5) is 11.2. The summed E-state index contributed by atoms with van der Waals surface area (Å²) in [6.45, 7) is 8.59. The van der Waals surface area contributed by atoms with Crippen LogP contribution >= 0.6 is 0 Å². The fraction of sp³-hybridized carbons (Fsp3) is 0.154. The molecule has 0 aromatic carbocycles. The molecular formula is C13H15NO4S. The van der Waals surface area contributed by atoms with E-state index in [-0.39, 0.29) is 5.57 Å². The van der Waals surface area contributed by atoms with Gasteiger partial charge >= 0.3 is 5.97 Å². The van der Waals surface area contributed by atoms with Crippen molar-refractivity contribution in [1.29, 1.82) is 0 Å². The zero-order valence-corrected chi connectivity index (χ0v) is 11.3. The lowest BCUT2D eigenvalue weighted by atomic mass is 9.97. The van der Waals surface area contributed by atoms with Gasteiger partial charge < -0.3 is 5.11 Å². The van der Waals surface area contributed by atoms with Gasteiger partial charge in [0.05, 0.1) is 17.3 Å². The second-order valence-electron chi connectivity index (χ2n) is 3.81. The molecule has 0 saturated carbocycles. The summed E-state index contributed by atoms with van der Waals surface area (Å²) in [5.74, 6) is -1.15. The lowest BCUT2D eigenvalue weighted by Gasteiger charge is -2.32. The van der Waals surface area contributed by atoms with Gasteiger partial charge in [-0.05, 0) is 24.6 Å². The summed E-state index contributed by atoms with van der Waals surface area (Å²) in [5.41, 5.74) is 0.849. The van der Waals surface area contributed by atoms with Gasteiger partial charge in [-0.15, -0.1) is 0 Å². The molecule has 0 saturated heterocycles. The molecule has 0 radical (unpaired) electrons. The molecule has 0 unspecified atom stereocenters. The zero-order chi connectivity index (χ0) is 14.6. The topological polar surface area (TPSA) is 74.7 Å². The van der Waals surface area contributed by atoms with Crippen molar-refractivity contribution in [3.05, 3.63) is 60.4 Å². The van der Waals surface area contributed by atoms with Crippen molar-refractivity contribution in [2.45, 2.75) is 13.0 Å². The Kier molecular flexibility index (Phi) is 4.88. The number of hydrogen-bond acceptors (Lipinski definition) is 3. The van der Waals surface area contributed by atoms with Crippen LogP contribution in [0.4, 0.5) is 0 Å². The predicted molar refractivity (Wildman–Crippen MR) is 73.9 cm³/mol. The molecule has 0 fully saturated rings. The van der Waals surface area contributed by atoms with E-state index in [2.05, 4.69) is 13.2 Å². The molecule has 1 aliphatic rings. The van der Waals surface area contributed by atoms with Crippen LogP contribution in [-0.4, -0.2) is 29.8 Å². The van der Waals surface area contributed by atoms with E-state index in [0.29, 0.717) is 11.3 Å². The molecule has 0 aliphatic carbocycles. The third kappa shape index (κ3) is 3.03. The van der Waals surface area contributed by atoms with Crippen molar-refractivity contribution in [3.63, 3.8) is 0 Å². The maximum Gasteiger partial charge on any atom is 0.333 e. The van der Waals surface area contributed by atoms with Gasteiger partial charge in [0.25, 0.3) is 0 Å². The van der Waals surface area contributed by atoms with E-state index in [1.54, 1.807) is 6.08 Å². The van der Waals surface area contributed by atoms with E-state index < -0.39 is 22.9 Å². The summed E-state index contributed by atoms with van der Waals surface area (Å²) in [7, 11) is -2.96. The van der Waals surface area contributed by atoms with Gasteiger partial charge in [0.15, 0.2) is 0 Å². The minimum absolute atomic E-state index is 0.00788. The van der Waals surface area contributed by atoms with Gasteiger partial charge in [0, 0.05) is 0 Å². The smallest absolute Gasteiger partial charge is 0.333 e. The number of aliphatic carboxylic acids is 1. The van der Waals surface area contributed by atoms with Crippen LogP contribution in [0.15, 0.2) is 60.4 Å². The first kappa shape index (κ1) is 15.0. The van der Waals surface area contributed by atoms with Crippen LogP contribution in [0.1, 0.15) is 6.92 Å². The Morgan fingerprint density at radius 2 is 1.95 bits per heavy atom. The number of hydrogen-bond donors (Lipinski definition) is 2. The Labute approximate surface area is 113 Å². The third-order valence-electron chi connectivity index (χ3n) is 2.67. The van der Waals surface area contributed by atoms with Gasteiger partial charge in [-0.25, -0.2) is 13.2 Å². The standard InChI is InChI=1S/C13H15NO4S/c1-4-6-10-8-11(13(15)16)9(3)14(19(17)18)12(10)7-5-2/h4-9,19H,1-2H2,3H3,(H,15,16)/b10-6-,12-7+/t9-/m1/s1. The van der Waals surface area contributed by atoms with Crippen LogP contribution in [-0.2, 0) is 15.7 Å². The van der Waals surface area contributed by atoms with E-state index in [1.165, 1.54) is 31.2 Å². The molecule has 0 amide bonds. The van der Waals surface area contributed by atoms with Gasteiger partial charge in [0.2, 0.25) is 10.9 Å². The summed E-state index contributed by atoms with van der Waals surface area (Å²) in [6, 6.07) is -0.772. The molecule has 1 heterocycles. The number of allylic oxidation sites excluding steroid dienone is 5. The average Bonchev–Trinajstić information content (AvgIpc) is 2.32. The Bertz CT molecular complexity index is 573. The second kappa shape index (κ2) is 6.19. The SMILES string of the molecule is C=C/C=C1/C=C(C(=O)O)[C@@H](C)N([SH](=O)=O)/C1=C/C=C. The van der Waals surface area contributed by atoms with E-state index in [4.69, 9.17) is 5.11 Å². The molecule has 0 bridgehead atoms. The lowest BCUT2D eigenvalue weighted by molar-refractivity contribution is -0.133. The Hall–Kier alpha value is -2.08. The van der Waals surface area contributed by atoms with Crippen LogP contribution < -0.4 is 0 Å². The van der Waals surface area contributed by atoms with E-state index in [1.807, 2.05) is 0 Å². The number of carbonyl (C=O) groups is 1. The number of carboxylic acids is 1. The summed E-state index contributed by atoms with van der Waals surface area (Å²) < 4.78 is 23.8. The Morgan fingerprint density at radius 1 is 1.37 bits per heavy atom. The Balaban J connectivity index is 3.57. The van der Waals surface area contributed by atoms with E-state index >= 15 is 0 Å². The highest BCUT2D eigenvalue weighted by molar-refractivity contribution is 7.70. The van der Waals surface area contributed by atoms with Crippen molar-refractivity contribution in [2.75, 3.05) is 0 Å². The largest absolute Gasteiger partial charge is 0.478 e. The van der Waals surface area contributed by atoms with Crippen LogP contribution in [0.2, 0.25) is 0 Å². The molecule has 1 N–H and O–H groups in total. The number of thiol groups is 1. The van der Waals surface area contributed by atoms with Gasteiger partial charge in [0.1, 0.15) is 0 Å². The van der Waals surface area contributed by atoms with Crippen LogP contribution in [0.5, 0.6) is 0 Å². The van der Waals surface area contributed by atoms with Gasteiger partial charge in [-0.3, -0.25) is 4.31 Å². The third-order valence-corrected chi connectivity index (χ3v) is 3.58. The number of nitrogens with zero attached hydrogens (tertiary/aromatic N) is 1. The normalized spacial score (nSPS) is 23.6. The van der Waals surface area contributed by atoms with E-state index in [0.717, 1.165) is 4.31 Å². The molecule has 5 nitrogen and oxygen atoms in total. The first-order valence-corrected chi connectivity index (χ1v) is 6.61. The highest BCUT2D eigenvalue weighted by atomic mass is 32.2. The van der Waals surface area contributed by atoms with Crippen LogP contribution in [0.25, 0.3) is 0 Å². The van der Waals surface area contributed by atoms with Crippen LogP contribution in [0, 0.1) is 0 Å². The Morgan fingerprint density at radius 3 is 2.37 bits per heavy atom. The van der Waals surface area contributed by atoms with Crippen molar-refractivity contribution in [3.8, 4) is 0 Å². The summed E-state index contributed by atoms with van der Waals surface area (Å²) >= 11 is 0. The zero-order valence-electron chi connectivity index (χ0n) is 10.4. The number of rotatable bonds is 4. The van der Waals surface area contributed by atoms with Gasteiger partial charge in [-0.1, -0.05) is 31.4 Å². The molecule has 1 rings (SSSR count). The fourth-order valence-corrected chi connectivity index (χ4v) is 2.61. The minimum Gasteiger partial charge on any atom is -0.478 e.